The Morgan fingerprint density at radius 2 is 2.14 bits per heavy atom. The summed E-state index contributed by atoms with van der Waals surface area (Å²) in [6.07, 6.45) is 3.91. The maximum absolute atomic E-state index is 15.7. The summed E-state index contributed by atoms with van der Waals surface area (Å²) in [6, 6.07) is 3.68. The molecule has 1 aromatic carbocycles. The second-order valence-corrected chi connectivity index (χ2v) is 7.77. The van der Waals surface area contributed by atoms with E-state index in [9.17, 15) is 0 Å². The van der Waals surface area contributed by atoms with Gasteiger partial charge in [-0.25, -0.2) is 9.37 Å². The average molecular weight is 381 g/mol. The molecular weight excluding hydrogens is 357 g/mol. The Labute approximate surface area is 163 Å². The fraction of sp³-hybridized carbons (Fsp3) is 0.429. The zero-order valence-corrected chi connectivity index (χ0v) is 16.1. The molecule has 0 amide bonds. The standard InChI is InChI=1S/C21H24FN5O/c1-11-5-17(23-2)27-21(25-11)26-16-8-12-3-4-28-20(12)18(19(16)22)13-6-14-9-24-10-15(14)7-13/h5-6,8,14-15,24H,3-4,7,9-10H2,1-2H3,(H2,23,25,26,27)/t14-,15?/m1/s1. The predicted molar refractivity (Wildman–Crippen MR) is 108 cm³/mol. The highest BCUT2D eigenvalue weighted by Crippen LogP contribution is 2.46. The smallest absolute Gasteiger partial charge is 0.229 e. The highest BCUT2D eigenvalue weighted by molar-refractivity contribution is 5.79. The molecule has 7 heteroatoms. The lowest BCUT2D eigenvalue weighted by atomic mass is 9.96. The van der Waals surface area contributed by atoms with Gasteiger partial charge in [0.1, 0.15) is 11.6 Å². The fourth-order valence-electron chi connectivity index (χ4n) is 4.53. The van der Waals surface area contributed by atoms with Crippen molar-refractivity contribution in [3.8, 4) is 5.75 Å². The molecule has 3 N–H and O–H groups in total. The first kappa shape index (κ1) is 17.4. The minimum Gasteiger partial charge on any atom is -0.492 e. The Bertz CT molecular complexity index is 974. The summed E-state index contributed by atoms with van der Waals surface area (Å²) >= 11 is 0. The third-order valence-electron chi connectivity index (χ3n) is 5.88. The van der Waals surface area contributed by atoms with Crippen molar-refractivity contribution in [2.24, 2.45) is 11.8 Å². The summed E-state index contributed by atoms with van der Waals surface area (Å²) in [5.41, 5.74) is 3.94. The van der Waals surface area contributed by atoms with E-state index in [-0.39, 0.29) is 5.82 Å². The molecule has 2 aromatic rings. The average Bonchev–Trinajstić information content (AvgIpc) is 3.37. The molecule has 0 bridgehead atoms. The fourth-order valence-corrected chi connectivity index (χ4v) is 4.53. The van der Waals surface area contributed by atoms with Crippen LogP contribution in [0.2, 0.25) is 0 Å². The van der Waals surface area contributed by atoms with E-state index in [0.29, 0.717) is 47.2 Å². The van der Waals surface area contributed by atoms with Gasteiger partial charge in [-0.3, -0.25) is 0 Å². The third kappa shape index (κ3) is 2.90. The second kappa shape index (κ2) is 6.74. The normalized spacial score (nSPS) is 22.5. The number of nitrogens with zero attached hydrogens (tertiary/aromatic N) is 2. The monoisotopic (exact) mass is 381 g/mol. The van der Waals surface area contributed by atoms with Crippen LogP contribution in [0.3, 0.4) is 0 Å². The van der Waals surface area contributed by atoms with Gasteiger partial charge in [-0.2, -0.15) is 4.98 Å². The van der Waals surface area contributed by atoms with E-state index in [0.717, 1.165) is 42.8 Å². The molecule has 3 aliphatic rings. The van der Waals surface area contributed by atoms with Gasteiger partial charge in [0.2, 0.25) is 5.95 Å². The number of ether oxygens (including phenoxy) is 1. The van der Waals surface area contributed by atoms with Crippen LogP contribution in [0.4, 0.5) is 21.8 Å². The van der Waals surface area contributed by atoms with Gasteiger partial charge in [-0.15, -0.1) is 0 Å². The molecule has 1 fully saturated rings. The van der Waals surface area contributed by atoms with Crippen molar-refractivity contribution in [3.63, 3.8) is 0 Å². The quantitative estimate of drug-likeness (QED) is 0.755. The number of halogens is 1. The number of hydrogen-bond acceptors (Lipinski definition) is 6. The molecule has 1 saturated heterocycles. The van der Waals surface area contributed by atoms with Gasteiger partial charge < -0.3 is 20.7 Å². The molecule has 6 nitrogen and oxygen atoms in total. The maximum Gasteiger partial charge on any atom is 0.229 e. The minimum absolute atomic E-state index is 0.282. The SMILES string of the molecule is CNc1cc(C)nc(Nc2cc3c(c(C4=C[C@@H]5CNCC5C4)c2F)OCC3)n1. The van der Waals surface area contributed by atoms with Gasteiger partial charge in [0.25, 0.3) is 0 Å². The molecule has 0 radical (unpaired) electrons. The largest absolute Gasteiger partial charge is 0.492 e. The number of fused-ring (bicyclic) bond motifs is 2. The van der Waals surface area contributed by atoms with Crippen LogP contribution in [-0.2, 0) is 6.42 Å². The van der Waals surface area contributed by atoms with Crippen LogP contribution < -0.4 is 20.7 Å². The van der Waals surface area contributed by atoms with Crippen LogP contribution in [-0.4, -0.2) is 36.7 Å². The summed E-state index contributed by atoms with van der Waals surface area (Å²) in [7, 11) is 1.80. The lowest BCUT2D eigenvalue weighted by molar-refractivity contribution is 0.354. The molecule has 1 aromatic heterocycles. The van der Waals surface area contributed by atoms with Crippen molar-refractivity contribution in [1.82, 2.24) is 15.3 Å². The molecule has 0 spiro atoms. The zero-order chi connectivity index (χ0) is 19.3. The highest BCUT2D eigenvalue weighted by atomic mass is 19.1. The molecular formula is C21H24FN5O. The lowest BCUT2D eigenvalue weighted by Crippen LogP contribution is -2.10. The first-order chi connectivity index (χ1) is 13.6. The van der Waals surface area contributed by atoms with Crippen LogP contribution in [0.5, 0.6) is 5.75 Å². The maximum atomic E-state index is 15.7. The summed E-state index contributed by atoms with van der Waals surface area (Å²) in [5, 5.41) is 9.53. The second-order valence-electron chi connectivity index (χ2n) is 7.77. The third-order valence-corrected chi connectivity index (χ3v) is 5.88. The highest BCUT2D eigenvalue weighted by Gasteiger charge is 2.35. The molecule has 1 unspecified atom stereocenters. The van der Waals surface area contributed by atoms with E-state index >= 15 is 4.39 Å². The van der Waals surface area contributed by atoms with Gasteiger partial charge in [0, 0.05) is 37.3 Å². The molecule has 3 heterocycles. The van der Waals surface area contributed by atoms with Crippen molar-refractivity contribution in [2.45, 2.75) is 19.8 Å². The topological polar surface area (TPSA) is 71.1 Å². The summed E-state index contributed by atoms with van der Waals surface area (Å²) < 4.78 is 21.5. The predicted octanol–water partition coefficient (Wildman–Crippen LogP) is 3.27. The number of benzene rings is 1. The van der Waals surface area contributed by atoms with Crippen molar-refractivity contribution in [2.75, 3.05) is 37.4 Å². The van der Waals surface area contributed by atoms with E-state index in [1.807, 2.05) is 19.1 Å². The van der Waals surface area contributed by atoms with Crippen molar-refractivity contribution in [3.05, 3.63) is 40.8 Å². The van der Waals surface area contributed by atoms with E-state index in [2.05, 4.69) is 32.0 Å². The number of rotatable bonds is 4. The Balaban J connectivity index is 1.56. The number of aromatic nitrogens is 2. The summed E-state index contributed by atoms with van der Waals surface area (Å²) in [4.78, 5) is 8.80. The van der Waals surface area contributed by atoms with Crippen molar-refractivity contribution >= 4 is 23.0 Å². The van der Waals surface area contributed by atoms with Crippen molar-refractivity contribution < 1.29 is 9.13 Å². The van der Waals surface area contributed by atoms with E-state index in [4.69, 9.17) is 4.74 Å². The van der Waals surface area contributed by atoms with Crippen LogP contribution in [0, 0.1) is 24.6 Å². The lowest BCUT2D eigenvalue weighted by Gasteiger charge is -2.16. The Hall–Kier alpha value is -2.67. The van der Waals surface area contributed by atoms with E-state index in [1.54, 1.807) is 7.05 Å². The molecule has 146 valence electrons. The van der Waals surface area contributed by atoms with Crippen molar-refractivity contribution in [1.29, 1.82) is 0 Å². The van der Waals surface area contributed by atoms with Gasteiger partial charge >= 0.3 is 0 Å². The number of nitrogens with one attached hydrogen (secondary N) is 3. The number of allylic oxidation sites excluding steroid dienone is 1. The number of hydrogen-bond donors (Lipinski definition) is 3. The molecule has 0 saturated carbocycles. The van der Waals surface area contributed by atoms with Gasteiger partial charge in [0.05, 0.1) is 17.9 Å². The Morgan fingerprint density at radius 3 is 2.96 bits per heavy atom. The Morgan fingerprint density at radius 1 is 1.25 bits per heavy atom. The molecule has 5 rings (SSSR count). The molecule has 28 heavy (non-hydrogen) atoms. The minimum atomic E-state index is -0.282. The van der Waals surface area contributed by atoms with E-state index < -0.39 is 0 Å². The number of anilines is 3. The van der Waals surface area contributed by atoms with Crippen LogP contribution >= 0.6 is 0 Å². The molecule has 2 aliphatic heterocycles. The number of aryl methyl sites for hydroxylation is 1. The molecule has 2 atom stereocenters. The van der Waals surface area contributed by atoms with E-state index in [1.165, 1.54) is 0 Å². The van der Waals surface area contributed by atoms with Gasteiger partial charge in [-0.05, 0) is 43.4 Å². The summed E-state index contributed by atoms with van der Waals surface area (Å²) in [5.74, 6) is 2.55. The first-order valence-electron chi connectivity index (χ1n) is 9.83. The van der Waals surface area contributed by atoms with Crippen LogP contribution in [0.15, 0.2) is 18.2 Å². The zero-order valence-electron chi connectivity index (χ0n) is 16.1. The van der Waals surface area contributed by atoms with Crippen LogP contribution in [0.25, 0.3) is 5.57 Å². The van der Waals surface area contributed by atoms with Gasteiger partial charge in [0.15, 0.2) is 5.82 Å². The van der Waals surface area contributed by atoms with Crippen LogP contribution in [0.1, 0.15) is 23.2 Å². The summed E-state index contributed by atoms with van der Waals surface area (Å²) in [6.45, 7) is 4.46. The van der Waals surface area contributed by atoms with Gasteiger partial charge in [-0.1, -0.05) is 6.08 Å². The first-order valence-corrected chi connectivity index (χ1v) is 9.83. The Kier molecular flexibility index (Phi) is 4.19. The molecule has 1 aliphatic carbocycles.